The number of aryl methyl sites for hydroxylation is 1. The number of ether oxygens (including phenoxy) is 1. The van der Waals surface area contributed by atoms with Crippen LogP contribution in [0.25, 0.3) is 0 Å². The summed E-state index contributed by atoms with van der Waals surface area (Å²) in [7, 11) is 0. The van der Waals surface area contributed by atoms with E-state index in [1.54, 1.807) is 0 Å². The lowest BCUT2D eigenvalue weighted by Crippen LogP contribution is -2.36. The Balaban J connectivity index is 1.64. The second-order valence-corrected chi connectivity index (χ2v) is 6.29. The first-order chi connectivity index (χ1) is 11.6. The van der Waals surface area contributed by atoms with E-state index in [2.05, 4.69) is 13.0 Å². The van der Waals surface area contributed by atoms with E-state index in [1.807, 2.05) is 42.2 Å². The minimum Gasteiger partial charge on any atom is -0.493 e. The molecule has 0 spiro atoms. The number of nitrogens with two attached hydrogens (primary N) is 1. The van der Waals surface area contributed by atoms with Crippen molar-refractivity contribution in [1.29, 1.82) is 0 Å². The van der Waals surface area contributed by atoms with Gasteiger partial charge in [0.1, 0.15) is 5.75 Å². The molecule has 1 aliphatic rings. The van der Waals surface area contributed by atoms with Gasteiger partial charge >= 0.3 is 0 Å². The van der Waals surface area contributed by atoms with E-state index in [0.29, 0.717) is 13.0 Å². The molecule has 3 rings (SSSR count). The van der Waals surface area contributed by atoms with Crippen molar-refractivity contribution in [1.82, 2.24) is 0 Å². The lowest BCUT2D eigenvalue weighted by atomic mass is 9.99. The van der Waals surface area contributed by atoms with Gasteiger partial charge in [-0.05, 0) is 61.6 Å². The fourth-order valence-corrected chi connectivity index (χ4v) is 3.17. The highest BCUT2D eigenvalue weighted by atomic mass is 16.5. The molecule has 126 valence electrons. The zero-order chi connectivity index (χ0) is 17.1. The van der Waals surface area contributed by atoms with Crippen molar-refractivity contribution in [2.24, 2.45) is 0 Å². The highest BCUT2D eigenvalue weighted by molar-refractivity contribution is 5.95. The van der Waals surface area contributed by atoms with Crippen LogP contribution in [0.2, 0.25) is 0 Å². The fourth-order valence-electron chi connectivity index (χ4n) is 3.17. The smallest absolute Gasteiger partial charge is 0.230 e. The summed E-state index contributed by atoms with van der Waals surface area (Å²) in [5, 5.41) is 0. The van der Waals surface area contributed by atoms with Gasteiger partial charge in [-0.3, -0.25) is 4.79 Å². The third kappa shape index (κ3) is 3.23. The first-order valence-electron chi connectivity index (χ1n) is 8.44. The molecule has 0 atom stereocenters. The second kappa shape index (κ2) is 6.95. The van der Waals surface area contributed by atoms with E-state index in [-0.39, 0.29) is 5.91 Å². The third-order valence-electron chi connectivity index (χ3n) is 4.72. The maximum atomic E-state index is 12.6. The van der Waals surface area contributed by atoms with Crippen LogP contribution in [0, 0.1) is 13.8 Å². The molecule has 2 aromatic rings. The number of anilines is 2. The minimum atomic E-state index is 0.0897. The number of hydrogen-bond acceptors (Lipinski definition) is 3. The number of amides is 1. The van der Waals surface area contributed by atoms with Crippen molar-refractivity contribution in [3.05, 3.63) is 53.1 Å². The van der Waals surface area contributed by atoms with E-state index in [0.717, 1.165) is 47.6 Å². The van der Waals surface area contributed by atoms with E-state index in [9.17, 15) is 4.79 Å². The normalized spacial score (nSPS) is 13.5. The van der Waals surface area contributed by atoms with E-state index in [1.165, 1.54) is 5.56 Å². The van der Waals surface area contributed by atoms with Crippen LogP contribution in [0.3, 0.4) is 0 Å². The Morgan fingerprint density at radius 2 is 2.00 bits per heavy atom. The highest BCUT2D eigenvalue weighted by Crippen LogP contribution is 2.31. The standard InChI is InChI=1S/C20H24N2O2/c1-14-6-3-10-19(15(14)2)24-13-11-20(23)22-12-5-7-16-17(21)8-4-9-18(16)22/h3-4,6,8-10H,5,7,11-13,21H2,1-2H3. The summed E-state index contributed by atoms with van der Waals surface area (Å²) in [5.41, 5.74) is 11.2. The van der Waals surface area contributed by atoms with Gasteiger partial charge in [-0.25, -0.2) is 0 Å². The van der Waals surface area contributed by atoms with Crippen molar-refractivity contribution in [3.8, 4) is 5.75 Å². The molecule has 2 aromatic carbocycles. The van der Waals surface area contributed by atoms with Crippen molar-refractivity contribution in [2.75, 3.05) is 23.8 Å². The molecule has 1 amide bonds. The van der Waals surface area contributed by atoms with E-state index >= 15 is 0 Å². The van der Waals surface area contributed by atoms with Gasteiger partial charge in [0.15, 0.2) is 0 Å². The maximum Gasteiger partial charge on any atom is 0.230 e. The van der Waals surface area contributed by atoms with Gasteiger partial charge in [0.25, 0.3) is 0 Å². The molecular formula is C20H24N2O2. The highest BCUT2D eigenvalue weighted by Gasteiger charge is 2.23. The monoisotopic (exact) mass is 324 g/mol. The molecule has 4 heteroatoms. The summed E-state index contributed by atoms with van der Waals surface area (Å²) >= 11 is 0. The van der Waals surface area contributed by atoms with Crippen LogP contribution < -0.4 is 15.4 Å². The predicted molar refractivity (Wildman–Crippen MR) is 97.6 cm³/mol. The molecule has 1 aliphatic heterocycles. The van der Waals surface area contributed by atoms with Gasteiger partial charge < -0.3 is 15.4 Å². The summed E-state index contributed by atoms with van der Waals surface area (Å²) in [5.74, 6) is 0.943. The molecule has 0 radical (unpaired) electrons. The van der Waals surface area contributed by atoms with Crippen LogP contribution in [0.1, 0.15) is 29.5 Å². The lowest BCUT2D eigenvalue weighted by molar-refractivity contribution is -0.119. The van der Waals surface area contributed by atoms with Gasteiger partial charge in [-0.1, -0.05) is 18.2 Å². The molecule has 0 aromatic heterocycles. The molecule has 0 fully saturated rings. The van der Waals surface area contributed by atoms with Crippen molar-refractivity contribution < 1.29 is 9.53 Å². The maximum absolute atomic E-state index is 12.6. The Kier molecular flexibility index (Phi) is 4.74. The van der Waals surface area contributed by atoms with E-state index in [4.69, 9.17) is 10.5 Å². The van der Waals surface area contributed by atoms with Crippen LogP contribution in [0.5, 0.6) is 5.75 Å². The number of rotatable bonds is 4. The summed E-state index contributed by atoms with van der Waals surface area (Å²) in [6.07, 6.45) is 2.25. The quantitative estimate of drug-likeness (QED) is 0.874. The van der Waals surface area contributed by atoms with Crippen molar-refractivity contribution in [3.63, 3.8) is 0 Å². The Labute approximate surface area is 143 Å². The van der Waals surface area contributed by atoms with E-state index < -0.39 is 0 Å². The number of benzene rings is 2. The molecule has 0 saturated heterocycles. The van der Waals surface area contributed by atoms with Gasteiger partial charge in [-0.2, -0.15) is 0 Å². The summed E-state index contributed by atoms with van der Waals surface area (Å²) in [6.45, 7) is 5.23. The van der Waals surface area contributed by atoms with Crippen LogP contribution in [-0.2, 0) is 11.2 Å². The van der Waals surface area contributed by atoms with Gasteiger partial charge in [0.05, 0.1) is 13.0 Å². The van der Waals surface area contributed by atoms with Crippen LogP contribution in [0.15, 0.2) is 36.4 Å². The van der Waals surface area contributed by atoms with Crippen LogP contribution >= 0.6 is 0 Å². The van der Waals surface area contributed by atoms with Crippen molar-refractivity contribution >= 4 is 17.3 Å². The zero-order valence-corrected chi connectivity index (χ0v) is 14.3. The van der Waals surface area contributed by atoms with Gasteiger partial charge in [0, 0.05) is 17.9 Å². The third-order valence-corrected chi connectivity index (χ3v) is 4.72. The molecule has 4 nitrogen and oxygen atoms in total. The molecule has 1 heterocycles. The molecule has 0 bridgehead atoms. The molecule has 0 saturated carbocycles. The Hall–Kier alpha value is -2.49. The zero-order valence-electron chi connectivity index (χ0n) is 14.3. The fraction of sp³-hybridized carbons (Fsp3) is 0.350. The summed E-state index contributed by atoms with van der Waals surface area (Å²) in [6, 6.07) is 11.8. The SMILES string of the molecule is Cc1cccc(OCCC(=O)N2CCCc3c(N)cccc32)c1C. The number of nitrogens with zero attached hydrogens (tertiary/aromatic N) is 1. The van der Waals surface area contributed by atoms with Gasteiger partial charge in [0.2, 0.25) is 5.91 Å². The van der Waals surface area contributed by atoms with Crippen LogP contribution in [-0.4, -0.2) is 19.1 Å². The summed E-state index contributed by atoms with van der Waals surface area (Å²) in [4.78, 5) is 14.5. The number of nitrogen functional groups attached to an aromatic ring is 1. The molecular weight excluding hydrogens is 300 g/mol. The number of hydrogen-bond donors (Lipinski definition) is 1. The molecule has 0 aliphatic carbocycles. The predicted octanol–water partition coefficient (Wildman–Crippen LogP) is 3.63. The Morgan fingerprint density at radius 1 is 1.21 bits per heavy atom. The number of carbonyl (C=O) groups is 1. The lowest BCUT2D eigenvalue weighted by Gasteiger charge is -2.30. The first kappa shape index (κ1) is 16.4. The largest absolute Gasteiger partial charge is 0.493 e. The Bertz CT molecular complexity index is 755. The molecule has 24 heavy (non-hydrogen) atoms. The number of fused-ring (bicyclic) bond motifs is 1. The van der Waals surface area contributed by atoms with Crippen molar-refractivity contribution in [2.45, 2.75) is 33.1 Å². The van der Waals surface area contributed by atoms with Gasteiger partial charge in [-0.15, -0.1) is 0 Å². The average Bonchev–Trinajstić information content (AvgIpc) is 2.58. The first-order valence-corrected chi connectivity index (χ1v) is 8.44. The minimum absolute atomic E-state index is 0.0897. The average molecular weight is 324 g/mol. The number of carbonyl (C=O) groups excluding carboxylic acids is 1. The Morgan fingerprint density at radius 3 is 2.83 bits per heavy atom. The molecule has 2 N–H and O–H groups in total. The topological polar surface area (TPSA) is 55.6 Å². The molecule has 0 unspecified atom stereocenters. The summed E-state index contributed by atoms with van der Waals surface area (Å²) < 4.78 is 5.82. The second-order valence-electron chi connectivity index (χ2n) is 6.29. The van der Waals surface area contributed by atoms with Crippen LogP contribution in [0.4, 0.5) is 11.4 Å².